The summed E-state index contributed by atoms with van der Waals surface area (Å²) in [6.07, 6.45) is 0.145. The van der Waals surface area contributed by atoms with Crippen molar-refractivity contribution in [2.75, 3.05) is 20.8 Å². The average molecular weight is 396 g/mol. The van der Waals surface area contributed by atoms with Crippen molar-refractivity contribution in [2.45, 2.75) is 24.7 Å². The zero-order chi connectivity index (χ0) is 19.5. The number of fused-ring (bicyclic) bond motifs is 3. The number of methoxy groups -OCH3 is 1. The molecule has 1 aliphatic carbocycles. The van der Waals surface area contributed by atoms with E-state index in [0.717, 1.165) is 4.90 Å². The van der Waals surface area contributed by atoms with Gasteiger partial charge in [0.1, 0.15) is 5.75 Å². The number of phenols is 1. The number of hydrogen-bond donors (Lipinski definition) is 2. The van der Waals surface area contributed by atoms with Gasteiger partial charge in [-0.1, -0.05) is 17.7 Å². The first-order valence-electron chi connectivity index (χ1n) is 8.96. The molecule has 146 valence electrons. The number of amides is 2. The molecule has 0 unspecified atom stereocenters. The van der Waals surface area contributed by atoms with E-state index in [1.807, 2.05) is 0 Å². The van der Waals surface area contributed by atoms with Gasteiger partial charge in [-0.15, -0.1) is 0 Å². The monoisotopic (exact) mass is 395 g/mol. The summed E-state index contributed by atoms with van der Waals surface area (Å²) in [5.74, 6) is -4.07. The lowest BCUT2D eigenvalue weighted by molar-refractivity contribution is -0.275. The molecule has 2 N–H and O–H groups in total. The van der Waals surface area contributed by atoms with E-state index >= 15 is 0 Å². The van der Waals surface area contributed by atoms with Crippen LogP contribution in [0.4, 0.5) is 0 Å². The molecule has 0 aromatic heterocycles. The standard InChI is InChI=1S/C19H22ClNO6/c1-21-17(23)12-5-9(8-26-2)19(25)13(16(12)18(21)24)7-15(27-19)11-4-3-10(22)6-14(11)20/h3-4,6,9,12-13,15-16,22,25H,5,7-8H2,1-2H3/t9-,12+,13+,15+,16+,19-/m1/s1. The molecule has 1 aromatic rings. The Morgan fingerprint density at radius 1 is 1.33 bits per heavy atom. The molecule has 2 amide bonds. The molecule has 3 fully saturated rings. The number of benzene rings is 1. The Bertz CT molecular complexity index is 800. The number of aliphatic hydroxyl groups is 1. The third kappa shape index (κ3) is 2.68. The first-order valence-corrected chi connectivity index (χ1v) is 9.34. The summed E-state index contributed by atoms with van der Waals surface area (Å²) in [7, 11) is 3.01. The number of carbonyl (C=O) groups is 2. The molecule has 27 heavy (non-hydrogen) atoms. The molecule has 2 saturated heterocycles. The van der Waals surface area contributed by atoms with Crippen molar-refractivity contribution in [1.82, 2.24) is 4.90 Å². The lowest BCUT2D eigenvalue weighted by Crippen LogP contribution is -2.54. The third-order valence-electron chi connectivity index (χ3n) is 6.28. The van der Waals surface area contributed by atoms with E-state index in [4.69, 9.17) is 21.1 Å². The first kappa shape index (κ1) is 18.7. The number of carbonyl (C=O) groups excluding carboxylic acids is 2. The quantitative estimate of drug-likeness (QED) is 0.756. The Kier molecular flexibility index (Phi) is 4.46. The van der Waals surface area contributed by atoms with E-state index in [0.29, 0.717) is 23.4 Å². The van der Waals surface area contributed by atoms with Gasteiger partial charge in [0, 0.05) is 26.0 Å². The van der Waals surface area contributed by atoms with E-state index in [-0.39, 0.29) is 24.2 Å². The minimum absolute atomic E-state index is 0.0355. The summed E-state index contributed by atoms with van der Waals surface area (Å²) in [5.41, 5.74) is 0.634. The van der Waals surface area contributed by atoms with Crippen LogP contribution in [0, 0.1) is 23.7 Å². The highest BCUT2D eigenvalue weighted by molar-refractivity contribution is 6.31. The molecule has 0 bridgehead atoms. The molecule has 4 rings (SSSR count). The average Bonchev–Trinajstić information content (AvgIpc) is 3.07. The highest BCUT2D eigenvalue weighted by Gasteiger charge is 2.66. The summed E-state index contributed by atoms with van der Waals surface area (Å²) in [6, 6.07) is 4.57. The van der Waals surface area contributed by atoms with Crippen molar-refractivity contribution < 1.29 is 29.3 Å². The minimum atomic E-state index is -1.58. The van der Waals surface area contributed by atoms with Crippen LogP contribution >= 0.6 is 11.6 Å². The number of likely N-dealkylation sites (tertiary alicyclic amines) is 1. The molecule has 1 saturated carbocycles. The van der Waals surface area contributed by atoms with E-state index in [1.54, 1.807) is 6.07 Å². The molecule has 1 aromatic carbocycles. The third-order valence-corrected chi connectivity index (χ3v) is 6.61. The summed E-state index contributed by atoms with van der Waals surface area (Å²) in [5, 5.41) is 21.4. The predicted molar refractivity (Wildman–Crippen MR) is 94.7 cm³/mol. The summed E-state index contributed by atoms with van der Waals surface area (Å²) >= 11 is 6.26. The summed E-state index contributed by atoms with van der Waals surface area (Å²) in [6.45, 7) is 0.220. The Balaban J connectivity index is 1.73. The molecule has 2 heterocycles. The molecule has 3 aliphatic rings. The summed E-state index contributed by atoms with van der Waals surface area (Å²) in [4.78, 5) is 26.4. The van der Waals surface area contributed by atoms with Crippen molar-refractivity contribution in [1.29, 1.82) is 0 Å². The van der Waals surface area contributed by atoms with E-state index in [2.05, 4.69) is 0 Å². The highest BCUT2D eigenvalue weighted by atomic mass is 35.5. The van der Waals surface area contributed by atoms with Crippen LogP contribution in [0.15, 0.2) is 18.2 Å². The largest absolute Gasteiger partial charge is 0.508 e. The molecule has 7 nitrogen and oxygen atoms in total. The van der Waals surface area contributed by atoms with Crippen LogP contribution in [0.5, 0.6) is 5.75 Å². The predicted octanol–water partition coefficient (Wildman–Crippen LogP) is 1.71. The second-order valence-electron chi connectivity index (χ2n) is 7.66. The van der Waals surface area contributed by atoms with Crippen molar-refractivity contribution in [3.63, 3.8) is 0 Å². The first-order chi connectivity index (χ1) is 12.8. The Hall–Kier alpha value is -1.67. The van der Waals surface area contributed by atoms with E-state index in [1.165, 1.54) is 26.3 Å². The van der Waals surface area contributed by atoms with E-state index < -0.39 is 35.6 Å². The summed E-state index contributed by atoms with van der Waals surface area (Å²) < 4.78 is 11.3. The second kappa shape index (κ2) is 6.44. The van der Waals surface area contributed by atoms with Crippen molar-refractivity contribution in [3.8, 4) is 5.75 Å². The Labute approximate surface area is 161 Å². The number of halogens is 1. The van der Waals surface area contributed by atoms with Crippen molar-refractivity contribution in [2.24, 2.45) is 23.7 Å². The maximum Gasteiger partial charge on any atom is 0.233 e. The van der Waals surface area contributed by atoms with Gasteiger partial charge in [-0.25, -0.2) is 0 Å². The van der Waals surface area contributed by atoms with Crippen molar-refractivity contribution >= 4 is 23.4 Å². The normalized spacial score (nSPS) is 38.2. The number of rotatable bonds is 3. The van der Waals surface area contributed by atoms with Gasteiger partial charge in [0.15, 0.2) is 5.79 Å². The molecule has 2 aliphatic heterocycles. The van der Waals surface area contributed by atoms with Crippen LogP contribution in [0.1, 0.15) is 24.5 Å². The van der Waals surface area contributed by atoms with E-state index in [9.17, 15) is 19.8 Å². The van der Waals surface area contributed by atoms with Gasteiger partial charge in [0.25, 0.3) is 0 Å². The van der Waals surface area contributed by atoms with Gasteiger partial charge >= 0.3 is 0 Å². The van der Waals surface area contributed by atoms with Crippen LogP contribution in [0.2, 0.25) is 5.02 Å². The number of aromatic hydroxyl groups is 1. The topological polar surface area (TPSA) is 96.3 Å². The lowest BCUT2D eigenvalue weighted by atomic mass is 9.64. The second-order valence-corrected chi connectivity index (χ2v) is 8.07. The van der Waals surface area contributed by atoms with Crippen LogP contribution in [0.25, 0.3) is 0 Å². The van der Waals surface area contributed by atoms with Gasteiger partial charge in [0.05, 0.1) is 29.6 Å². The van der Waals surface area contributed by atoms with Crippen molar-refractivity contribution in [3.05, 3.63) is 28.8 Å². The number of imide groups is 1. The number of hydrogen-bond acceptors (Lipinski definition) is 6. The van der Waals surface area contributed by atoms with Gasteiger partial charge in [-0.3, -0.25) is 14.5 Å². The molecule has 8 heteroatoms. The zero-order valence-corrected chi connectivity index (χ0v) is 15.8. The molecule has 0 radical (unpaired) electrons. The molecular formula is C19H22ClNO6. The van der Waals surface area contributed by atoms with Crippen LogP contribution in [-0.2, 0) is 19.1 Å². The van der Waals surface area contributed by atoms with Gasteiger partial charge in [-0.2, -0.15) is 0 Å². The number of ether oxygens (including phenoxy) is 2. The van der Waals surface area contributed by atoms with Crippen LogP contribution in [0.3, 0.4) is 0 Å². The van der Waals surface area contributed by atoms with Crippen LogP contribution < -0.4 is 0 Å². The van der Waals surface area contributed by atoms with Gasteiger partial charge in [-0.05, 0) is 30.5 Å². The SMILES string of the molecule is COC[C@H]1C[C@@H]2C(=O)N(C)C(=O)[C@@H]2[C@@H]2C[C@@H](c3ccc(O)cc3Cl)O[C@]12O. The van der Waals surface area contributed by atoms with Gasteiger partial charge in [0.2, 0.25) is 11.8 Å². The zero-order valence-electron chi connectivity index (χ0n) is 15.1. The molecule has 6 atom stereocenters. The Morgan fingerprint density at radius 2 is 2.07 bits per heavy atom. The fourth-order valence-corrected chi connectivity index (χ4v) is 5.30. The number of phenolic OH excluding ortho intramolecular Hbond substituents is 1. The van der Waals surface area contributed by atoms with Crippen LogP contribution in [-0.4, -0.2) is 53.5 Å². The molecular weight excluding hydrogens is 374 g/mol. The highest BCUT2D eigenvalue weighted by Crippen LogP contribution is 2.58. The maximum absolute atomic E-state index is 12.7. The van der Waals surface area contributed by atoms with Gasteiger partial charge < -0.3 is 19.7 Å². The fourth-order valence-electron chi connectivity index (χ4n) is 5.00. The Morgan fingerprint density at radius 3 is 2.74 bits per heavy atom. The molecule has 0 spiro atoms. The maximum atomic E-state index is 12.7. The smallest absolute Gasteiger partial charge is 0.233 e. The number of nitrogens with zero attached hydrogens (tertiary/aromatic N) is 1. The minimum Gasteiger partial charge on any atom is -0.508 e. The fraction of sp³-hybridized carbons (Fsp3) is 0.579. The lowest BCUT2D eigenvalue weighted by Gasteiger charge is -2.44.